The minimum Gasteiger partial charge on any atom is -0.457 e. The second kappa shape index (κ2) is 13.3. The summed E-state index contributed by atoms with van der Waals surface area (Å²) in [6.07, 6.45) is 0.444. The van der Waals surface area contributed by atoms with Crippen molar-refractivity contribution in [1.29, 1.82) is 0 Å². The molecule has 0 heterocycles. The Labute approximate surface area is 224 Å². The number of hydrogen-bond donors (Lipinski definition) is 2. The van der Waals surface area contributed by atoms with Crippen LogP contribution in [0.1, 0.15) is 19.3 Å². The molecule has 0 aromatic heterocycles. The largest absolute Gasteiger partial charge is 0.457 e. The number of hydrogen-bond acceptors (Lipinski definition) is 5. The molecule has 0 aliphatic rings. The molecule has 0 saturated carbocycles. The van der Waals surface area contributed by atoms with Gasteiger partial charge in [0.15, 0.2) is 6.61 Å². The molecule has 3 aromatic rings. The maximum Gasteiger partial charge on any atom is 0.306 e. The minimum absolute atomic E-state index is 0.0186. The molecule has 0 fully saturated rings. The summed E-state index contributed by atoms with van der Waals surface area (Å²) in [7, 11) is 0. The number of ether oxygens (including phenoxy) is 2. The third kappa shape index (κ3) is 9.35. The lowest BCUT2D eigenvalue weighted by Crippen LogP contribution is -2.21. The van der Waals surface area contributed by atoms with E-state index in [0.717, 1.165) is 4.47 Å². The number of carbonyl (C=O) groups excluding carboxylic acids is 3. The summed E-state index contributed by atoms with van der Waals surface area (Å²) >= 11 is 12.6. The summed E-state index contributed by atoms with van der Waals surface area (Å²) in [4.78, 5) is 35.9. The zero-order valence-electron chi connectivity index (χ0n) is 18.4. The molecule has 0 atom stereocenters. The summed E-state index contributed by atoms with van der Waals surface area (Å²) in [5, 5.41) is 5.81. The van der Waals surface area contributed by atoms with Gasteiger partial charge >= 0.3 is 5.97 Å². The van der Waals surface area contributed by atoms with Crippen LogP contribution in [-0.4, -0.2) is 24.4 Å². The Kier molecular flexibility index (Phi) is 10.1. The van der Waals surface area contributed by atoms with Gasteiger partial charge in [0, 0.05) is 33.2 Å². The maximum atomic E-state index is 12.1. The average Bonchev–Trinajstić information content (AvgIpc) is 2.83. The van der Waals surface area contributed by atoms with E-state index in [9.17, 15) is 14.4 Å². The third-order valence-electron chi connectivity index (χ3n) is 4.54. The number of rotatable bonds is 10. The number of nitrogens with one attached hydrogen (secondary N) is 2. The smallest absolute Gasteiger partial charge is 0.306 e. The highest BCUT2D eigenvalue weighted by atomic mass is 79.9. The van der Waals surface area contributed by atoms with Gasteiger partial charge in [0.25, 0.3) is 5.91 Å². The van der Waals surface area contributed by atoms with Gasteiger partial charge in [0.2, 0.25) is 5.91 Å². The van der Waals surface area contributed by atoms with Crippen LogP contribution >= 0.6 is 43.5 Å². The van der Waals surface area contributed by atoms with Crippen molar-refractivity contribution in [3.63, 3.8) is 0 Å². The Balaban J connectivity index is 1.32. The monoisotopic (exact) mass is 622 g/mol. The first kappa shape index (κ1) is 26.7. The lowest BCUT2D eigenvalue weighted by molar-refractivity contribution is -0.147. The van der Waals surface area contributed by atoms with Gasteiger partial charge in [-0.05, 0) is 89.1 Å². The molecular formula is C25H21Br2ClN2O5. The van der Waals surface area contributed by atoms with Crippen LogP contribution in [0.4, 0.5) is 11.4 Å². The van der Waals surface area contributed by atoms with E-state index in [0.29, 0.717) is 38.8 Å². The van der Waals surface area contributed by atoms with Crippen LogP contribution in [0.25, 0.3) is 0 Å². The van der Waals surface area contributed by atoms with Crippen LogP contribution in [-0.2, 0) is 19.1 Å². The van der Waals surface area contributed by atoms with E-state index in [1.54, 1.807) is 42.5 Å². The molecule has 0 bridgehead atoms. The molecular weight excluding hydrogens is 604 g/mol. The van der Waals surface area contributed by atoms with Crippen LogP contribution in [0, 0.1) is 0 Å². The second-order valence-electron chi connectivity index (χ2n) is 7.32. The zero-order chi connectivity index (χ0) is 25.2. The van der Waals surface area contributed by atoms with Crippen molar-refractivity contribution in [2.45, 2.75) is 19.3 Å². The molecule has 0 aliphatic heterocycles. The SMILES string of the molecule is O=C(CCCC(=O)OCC(=O)Nc1ccc(Br)c(Cl)c1)Nc1ccc(Oc2ccc(Br)cc2)cc1. The van der Waals surface area contributed by atoms with Gasteiger partial charge in [0.1, 0.15) is 11.5 Å². The number of amides is 2. The fraction of sp³-hybridized carbons (Fsp3) is 0.160. The van der Waals surface area contributed by atoms with Crippen LogP contribution in [0.15, 0.2) is 75.7 Å². The first-order valence-electron chi connectivity index (χ1n) is 10.5. The van der Waals surface area contributed by atoms with Gasteiger partial charge in [-0.1, -0.05) is 27.5 Å². The molecule has 0 saturated heterocycles. The van der Waals surface area contributed by atoms with Gasteiger partial charge < -0.3 is 20.1 Å². The molecule has 3 rings (SSSR count). The van der Waals surface area contributed by atoms with E-state index in [4.69, 9.17) is 21.1 Å². The molecule has 10 heteroatoms. The predicted molar refractivity (Wildman–Crippen MR) is 142 cm³/mol. The van der Waals surface area contributed by atoms with Crippen LogP contribution in [0.3, 0.4) is 0 Å². The van der Waals surface area contributed by atoms with E-state index in [1.165, 1.54) is 0 Å². The first-order chi connectivity index (χ1) is 16.8. The Morgan fingerprint density at radius 1 is 0.771 bits per heavy atom. The van der Waals surface area contributed by atoms with Crippen molar-refractivity contribution in [3.05, 3.63) is 80.7 Å². The Morgan fingerprint density at radius 2 is 1.37 bits per heavy atom. The normalized spacial score (nSPS) is 10.4. The lowest BCUT2D eigenvalue weighted by atomic mass is 10.2. The summed E-state index contributed by atoms with van der Waals surface area (Å²) in [6, 6.07) is 19.4. The van der Waals surface area contributed by atoms with Crippen molar-refractivity contribution in [3.8, 4) is 11.5 Å². The highest BCUT2D eigenvalue weighted by Crippen LogP contribution is 2.26. The molecule has 0 radical (unpaired) electrons. The predicted octanol–water partition coefficient (Wildman–Crippen LogP) is 6.95. The summed E-state index contributed by atoms with van der Waals surface area (Å²) in [5.74, 6) is 0.0647. The van der Waals surface area contributed by atoms with Crippen molar-refractivity contribution >= 4 is 72.6 Å². The van der Waals surface area contributed by atoms with E-state index < -0.39 is 18.5 Å². The van der Waals surface area contributed by atoms with Gasteiger partial charge in [-0.3, -0.25) is 14.4 Å². The fourth-order valence-corrected chi connectivity index (χ4v) is 3.54. The fourth-order valence-electron chi connectivity index (χ4n) is 2.85. The summed E-state index contributed by atoms with van der Waals surface area (Å²) < 4.78 is 12.4. The third-order valence-corrected chi connectivity index (χ3v) is 6.30. The minimum atomic E-state index is -0.559. The lowest BCUT2D eigenvalue weighted by Gasteiger charge is -2.09. The summed E-state index contributed by atoms with van der Waals surface area (Å²) in [6.45, 7) is -0.423. The van der Waals surface area contributed by atoms with Crippen molar-refractivity contribution in [2.75, 3.05) is 17.2 Å². The molecule has 2 N–H and O–H groups in total. The molecule has 182 valence electrons. The van der Waals surface area contributed by atoms with Crippen LogP contribution in [0.5, 0.6) is 11.5 Å². The van der Waals surface area contributed by atoms with Crippen molar-refractivity contribution in [1.82, 2.24) is 0 Å². The molecule has 35 heavy (non-hydrogen) atoms. The maximum absolute atomic E-state index is 12.1. The quantitative estimate of drug-likeness (QED) is 0.238. The molecule has 2 amide bonds. The Morgan fingerprint density at radius 3 is 2.03 bits per heavy atom. The average molecular weight is 625 g/mol. The van der Waals surface area contributed by atoms with Crippen LogP contribution in [0.2, 0.25) is 5.02 Å². The van der Waals surface area contributed by atoms with E-state index in [1.807, 2.05) is 24.3 Å². The molecule has 3 aromatic carbocycles. The first-order valence-corrected chi connectivity index (χ1v) is 12.5. The number of halogens is 3. The highest BCUT2D eigenvalue weighted by Gasteiger charge is 2.10. The highest BCUT2D eigenvalue weighted by molar-refractivity contribution is 9.10. The standard InChI is InChI=1S/C25H21Br2ClN2O5/c26-16-4-9-19(10-5-16)35-20-11-6-17(7-12-20)29-23(31)2-1-3-25(33)34-15-24(32)30-18-8-13-21(27)22(28)14-18/h4-14H,1-3,15H2,(H,29,31)(H,30,32). The van der Waals surface area contributed by atoms with E-state index >= 15 is 0 Å². The van der Waals surface area contributed by atoms with E-state index in [2.05, 4.69) is 42.5 Å². The van der Waals surface area contributed by atoms with Gasteiger partial charge in [0.05, 0.1) is 5.02 Å². The Hall–Kier alpha value is -2.88. The second-order valence-corrected chi connectivity index (χ2v) is 9.50. The topological polar surface area (TPSA) is 93.7 Å². The van der Waals surface area contributed by atoms with Crippen molar-refractivity contribution in [2.24, 2.45) is 0 Å². The number of carbonyl (C=O) groups is 3. The zero-order valence-corrected chi connectivity index (χ0v) is 22.3. The van der Waals surface area contributed by atoms with E-state index in [-0.39, 0.29) is 18.7 Å². The number of anilines is 2. The molecule has 7 nitrogen and oxygen atoms in total. The van der Waals surface area contributed by atoms with Crippen molar-refractivity contribution < 1.29 is 23.9 Å². The van der Waals surface area contributed by atoms with Crippen LogP contribution < -0.4 is 15.4 Å². The Bertz CT molecular complexity index is 1190. The molecule has 0 unspecified atom stereocenters. The van der Waals surface area contributed by atoms with Gasteiger partial charge in [-0.25, -0.2) is 0 Å². The van der Waals surface area contributed by atoms with Gasteiger partial charge in [-0.15, -0.1) is 0 Å². The number of esters is 1. The molecule has 0 aliphatic carbocycles. The van der Waals surface area contributed by atoms with Gasteiger partial charge in [-0.2, -0.15) is 0 Å². The summed E-state index contributed by atoms with van der Waals surface area (Å²) in [5.41, 5.74) is 1.11. The number of benzene rings is 3. The molecule has 0 spiro atoms.